The molecule has 0 unspecified atom stereocenters. The van der Waals surface area contributed by atoms with Crippen molar-refractivity contribution >= 4 is 50.0 Å². The minimum absolute atomic E-state index is 0.00972. The van der Waals surface area contributed by atoms with Gasteiger partial charge in [-0.05, 0) is 57.3 Å². The molecule has 10 nitrogen and oxygen atoms in total. The van der Waals surface area contributed by atoms with Gasteiger partial charge in [0.25, 0.3) is 5.56 Å². The lowest BCUT2D eigenvalue weighted by Gasteiger charge is -2.16. The standard InChI is InChI=1S/C31H26ClF2N5O5S/c1-16-36-23-6-4-17(8-9-38(2)3)21(14-35)26(23)29(40)39(16)10-11-43-24-7-5-18(32)12-19(24)20-13-25(44-31(33)34)37-27-22(30(41)42)15-45-28(20)27/h4-7,12-13,15,31H,8-11H2,1-3H3,(H,41,42). The smallest absolute Gasteiger partial charge is 0.388 e. The number of hydrogen-bond acceptors (Lipinski definition) is 9. The fourth-order valence-corrected chi connectivity index (χ4v) is 6.16. The molecule has 1 N–H and O–H groups in total. The van der Waals surface area contributed by atoms with Crippen LogP contribution < -0.4 is 15.0 Å². The maximum Gasteiger partial charge on any atom is 0.388 e. The highest BCUT2D eigenvalue weighted by Gasteiger charge is 2.22. The van der Waals surface area contributed by atoms with Gasteiger partial charge in [0.05, 0.1) is 33.3 Å². The first kappa shape index (κ1) is 31.8. The largest absolute Gasteiger partial charge is 0.491 e. The number of rotatable bonds is 11. The van der Waals surface area contributed by atoms with Gasteiger partial charge in [0.1, 0.15) is 29.8 Å². The molecule has 14 heteroatoms. The van der Waals surface area contributed by atoms with Gasteiger partial charge in [0.15, 0.2) is 0 Å². The topological polar surface area (TPSA) is 131 Å². The second kappa shape index (κ2) is 13.2. The Labute approximate surface area is 264 Å². The molecule has 0 saturated carbocycles. The second-order valence-corrected chi connectivity index (χ2v) is 11.6. The van der Waals surface area contributed by atoms with E-state index in [9.17, 15) is 28.7 Å². The van der Waals surface area contributed by atoms with Crippen molar-refractivity contribution in [2.24, 2.45) is 0 Å². The number of carboxylic acid groups (broad SMARTS) is 1. The van der Waals surface area contributed by atoms with Crippen LogP contribution in [0.3, 0.4) is 0 Å². The lowest BCUT2D eigenvalue weighted by Crippen LogP contribution is -2.27. The number of pyridine rings is 1. The normalized spacial score (nSPS) is 11.4. The number of halogens is 3. The molecule has 0 saturated heterocycles. The van der Waals surface area contributed by atoms with E-state index in [1.165, 1.54) is 16.0 Å². The van der Waals surface area contributed by atoms with Crippen LogP contribution in [-0.4, -0.2) is 64.4 Å². The van der Waals surface area contributed by atoms with Crippen LogP contribution in [0, 0.1) is 18.3 Å². The monoisotopic (exact) mass is 653 g/mol. The fraction of sp³-hybridized carbons (Fsp3) is 0.258. The van der Waals surface area contributed by atoms with Crippen LogP contribution in [0.2, 0.25) is 5.02 Å². The third-order valence-electron chi connectivity index (χ3n) is 7.09. The molecule has 0 bridgehead atoms. The summed E-state index contributed by atoms with van der Waals surface area (Å²) in [6, 6.07) is 11.8. The van der Waals surface area contributed by atoms with Gasteiger partial charge in [-0.25, -0.2) is 14.8 Å². The van der Waals surface area contributed by atoms with E-state index in [2.05, 4.69) is 20.8 Å². The molecular weight excluding hydrogens is 628 g/mol. The molecule has 0 atom stereocenters. The first-order valence-electron chi connectivity index (χ1n) is 13.6. The molecular formula is C31H26ClF2N5O5S. The summed E-state index contributed by atoms with van der Waals surface area (Å²) in [6.07, 6.45) is 0.589. The number of benzene rings is 2. The molecule has 0 radical (unpaired) electrons. The number of thiophene rings is 1. The van der Waals surface area contributed by atoms with E-state index >= 15 is 0 Å². The minimum Gasteiger partial charge on any atom is -0.491 e. The van der Waals surface area contributed by atoms with Gasteiger partial charge in [0.2, 0.25) is 5.88 Å². The average Bonchev–Trinajstić information content (AvgIpc) is 3.41. The van der Waals surface area contributed by atoms with Crippen molar-refractivity contribution in [2.75, 3.05) is 27.2 Å². The Hall–Kier alpha value is -4.64. The van der Waals surface area contributed by atoms with Gasteiger partial charge in [0, 0.05) is 34.1 Å². The molecule has 5 rings (SSSR count). The molecule has 5 aromatic rings. The number of aromatic nitrogens is 3. The molecule has 0 fully saturated rings. The van der Waals surface area contributed by atoms with E-state index in [1.807, 2.05) is 25.1 Å². The first-order valence-corrected chi connectivity index (χ1v) is 14.8. The number of nitrogens with zero attached hydrogens (tertiary/aromatic N) is 5. The minimum atomic E-state index is -3.19. The number of hydrogen-bond donors (Lipinski definition) is 1. The van der Waals surface area contributed by atoms with Crippen LogP contribution in [0.15, 0.2) is 46.6 Å². The second-order valence-electron chi connectivity index (χ2n) is 10.3. The van der Waals surface area contributed by atoms with E-state index in [1.54, 1.807) is 31.2 Å². The number of carbonyl (C=O) groups is 1. The van der Waals surface area contributed by atoms with Gasteiger partial charge in [-0.15, -0.1) is 11.3 Å². The zero-order valence-electron chi connectivity index (χ0n) is 24.3. The highest BCUT2D eigenvalue weighted by Crippen LogP contribution is 2.41. The lowest BCUT2D eigenvalue weighted by molar-refractivity contribution is -0.0526. The van der Waals surface area contributed by atoms with Crippen molar-refractivity contribution in [2.45, 2.75) is 26.5 Å². The summed E-state index contributed by atoms with van der Waals surface area (Å²) in [4.78, 5) is 36.0. The zero-order valence-corrected chi connectivity index (χ0v) is 25.9. The van der Waals surface area contributed by atoms with Crippen LogP contribution in [0.5, 0.6) is 11.6 Å². The maximum absolute atomic E-state index is 13.7. The molecule has 232 valence electrons. The molecule has 0 aliphatic rings. The van der Waals surface area contributed by atoms with Crippen molar-refractivity contribution in [3.8, 4) is 28.8 Å². The first-order chi connectivity index (χ1) is 21.5. The molecule has 3 aromatic heterocycles. The van der Waals surface area contributed by atoms with Crippen LogP contribution in [0.25, 0.3) is 32.2 Å². The molecule has 2 aromatic carbocycles. The summed E-state index contributed by atoms with van der Waals surface area (Å²) in [5, 5.41) is 21.5. The molecule has 3 heterocycles. The third-order valence-corrected chi connectivity index (χ3v) is 8.32. The number of aromatic carboxylic acids is 1. The van der Waals surface area contributed by atoms with Crippen molar-refractivity contribution in [1.82, 2.24) is 19.4 Å². The summed E-state index contributed by atoms with van der Waals surface area (Å²) < 4.78 is 38.8. The fourth-order valence-electron chi connectivity index (χ4n) is 4.98. The van der Waals surface area contributed by atoms with Gasteiger partial charge in [-0.2, -0.15) is 14.0 Å². The highest BCUT2D eigenvalue weighted by molar-refractivity contribution is 7.18. The highest BCUT2D eigenvalue weighted by atomic mass is 35.5. The average molecular weight is 654 g/mol. The summed E-state index contributed by atoms with van der Waals surface area (Å²) in [5.74, 6) is -1.02. The number of alkyl halides is 2. The van der Waals surface area contributed by atoms with Gasteiger partial charge < -0.3 is 19.5 Å². The van der Waals surface area contributed by atoms with E-state index < -0.39 is 18.5 Å². The number of ether oxygens (including phenoxy) is 2. The van der Waals surface area contributed by atoms with Crippen LogP contribution in [0.4, 0.5) is 8.78 Å². The summed E-state index contributed by atoms with van der Waals surface area (Å²) in [7, 11) is 3.86. The van der Waals surface area contributed by atoms with E-state index in [-0.39, 0.29) is 35.2 Å². The van der Waals surface area contributed by atoms with Gasteiger partial charge in [-0.3, -0.25) is 9.36 Å². The Morgan fingerprint density at radius 3 is 2.67 bits per heavy atom. The maximum atomic E-state index is 13.7. The Balaban J connectivity index is 1.51. The van der Waals surface area contributed by atoms with Gasteiger partial charge >= 0.3 is 12.6 Å². The van der Waals surface area contributed by atoms with Crippen molar-refractivity contribution in [3.05, 3.63) is 79.7 Å². The predicted molar refractivity (Wildman–Crippen MR) is 167 cm³/mol. The number of fused-ring (bicyclic) bond motifs is 2. The summed E-state index contributed by atoms with van der Waals surface area (Å²) in [5.41, 5.74) is 1.64. The Bertz CT molecular complexity index is 2040. The van der Waals surface area contributed by atoms with Crippen molar-refractivity contribution in [1.29, 1.82) is 5.26 Å². The van der Waals surface area contributed by atoms with Crippen LogP contribution >= 0.6 is 22.9 Å². The predicted octanol–water partition coefficient (Wildman–Crippen LogP) is 5.99. The third kappa shape index (κ3) is 6.58. The molecule has 45 heavy (non-hydrogen) atoms. The van der Waals surface area contributed by atoms with E-state index in [0.29, 0.717) is 56.5 Å². The molecule has 0 spiro atoms. The Morgan fingerprint density at radius 1 is 1.20 bits per heavy atom. The van der Waals surface area contributed by atoms with E-state index in [0.717, 1.165) is 16.9 Å². The number of nitriles is 1. The quantitative estimate of drug-likeness (QED) is 0.183. The zero-order chi connectivity index (χ0) is 32.4. The summed E-state index contributed by atoms with van der Waals surface area (Å²) in [6.45, 7) is -0.726. The summed E-state index contributed by atoms with van der Waals surface area (Å²) >= 11 is 7.38. The van der Waals surface area contributed by atoms with Gasteiger partial charge in [-0.1, -0.05) is 17.7 Å². The SMILES string of the molecule is Cc1nc2ccc(CCN(C)C)c(C#N)c2c(=O)n1CCOc1ccc(Cl)cc1-c1cc(OC(F)F)nc2c(C(=O)O)csc12. The lowest BCUT2D eigenvalue weighted by atomic mass is 10.0. The molecule has 0 aliphatic carbocycles. The van der Waals surface area contributed by atoms with Crippen LogP contribution in [0.1, 0.15) is 27.3 Å². The number of likely N-dealkylation sites (N-methyl/N-ethyl adjacent to an activating group) is 1. The molecule has 0 aliphatic heterocycles. The van der Waals surface area contributed by atoms with Crippen molar-refractivity contribution < 1.29 is 28.2 Å². The van der Waals surface area contributed by atoms with Crippen molar-refractivity contribution in [3.63, 3.8) is 0 Å². The molecule has 0 amide bonds. The number of carboxylic acids is 1. The Morgan fingerprint density at radius 2 is 1.98 bits per heavy atom. The van der Waals surface area contributed by atoms with E-state index in [4.69, 9.17) is 16.3 Å². The van der Waals surface area contributed by atoms with Crippen LogP contribution in [-0.2, 0) is 13.0 Å². The number of aryl methyl sites for hydroxylation is 1. The Kier molecular flexibility index (Phi) is 9.29.